The van der Waals surface area contributed by atoms with Crippen LogP contribution in [0.5, 0.6) is 0 Å². The van der Waals surface area contributed by atoms with Gasteiger partial charge in [-0.1, -0.05) is 59.3 Å². The maximum Gasteiger partial charge on any atom is 0.0583 e. The fraction of sp³-hybridized carbons (Fsp3) is 0.235. The van der Waals surface area contributed by atoms with Crippen LogP contribution in [0.3, 0.4) is 0 Å². The van der Waals surface area contributed by atoms with Crippen LogP contribution >= 0.6 is 0 Å². The first-order valence-electron chi connectivity index (χ1n) is 6.35. The van der Waals surface area contributed by atoms with Gasteiger partial charge < -0.3 is 0 Å². The quantitative estimate of drug-likeness (QED) is 0.735. The molecule has 0 heterocycles. The summed E-state index contributed by atoms with van der Waals surface area (Å²) in [5.74, 6) is 0. The third kappa shape index (κ3) is 3.78. The van der Waals surface area contributed by atoms with Crippen LogP contribution in [0.2, 0.25) is 0 Å². The minimum absolute atomic E-state index is 0.840. The summed E-state index contributed by atoms with van der Waals surface area (Å²) in [6, 6.07) is 17.8. The van der Waals surface area contributed by atoms with Gasteiger partial charge in [-0.2, -0.15) is 0 Å². The van der Waals surface area contributed by atoms with E-state index in [9.17, 15) is 0 Å². The third-order valence-corrected chi connectivity index (χ3v) is 4.00. The summed E-state index contributed by atoms with van der Waals surface area (Å²) in [7, 11) is 0.840. The highest BCUT2D eigenvalue weighted by Crippen LogP contribution is 2.09. The smallest absolute Gasteiger partial charge is 0.0583 e. The molecule has 1 radical (unpaired) electrons. The summed E-state index contributed by atoms with van der Waals surface area (Å²) >= 11 is 0. The van der Waals surface area contributed by atoms with Crippen molar-refractivity contribution in [2.24, 2.45) is 0 Å². The van der Waals surface area contributed by atoms with Gasteiger partial charge in [-0.15, -0.1) is 0 Å². The van der Waals surface area contributed by atoms with E-state index in [-0.39, 0.29) is 0 Å². The van der Waals surface area contributed by atoms with Crippen molar-refractivity contribution in [2.45, 2.75) is 27.2 Å². The zero-order valence-corrected chi connectivity index (χ0v) is 12.3. The Balaban J connectivity index is 2.11. The fourth-order valence-corrected chi connectivity index (χ4v) is 2.85. The molecule has 0 amide bonds. The monoisotopic (exact) mass is 251 g/mol. The van der Waals surface area contributed by atoms with Crippen molar-refractivity contribution in [3.8, 4) is 0 Å². The fourth-order valence-electron chi connectivity index (χ4n) is 1.94. The van der Waals surface area contributed by atoms with E-state index >= 15 is 0 Å². The molecule has 0 spiro atoms. The first-order chi connectivity index (χ1) is 8.63. The summed E-state index contributed by atoms with van der Waals surface area (Å²) in [6.45, 7) is 6.51. The predicted molar refractivity (Wildman–Crippen MR) is 82.2 cm³/mol. The molecule has 0 saturated heterocycles. The highest BCUT2D eigenvalue weighted by Gasteiger charge is 1.96. The molecule has 0 fully saturated rings. The maximum atomic E-state index is 2.26. The van der Waals surface area contributed by atoms with Crippen LogP contribution in [0.1, 0.15) is 30.5 Å². The lowest BCUT2D eigenvalue weighted by Crippen LogP contribution is -2.11. The van der Waals surface area contributed by atoms with E-state index in [1.807, 2.05) is 0 Å². The van der Waals surface area contributed by atoms with E-state index in [0.29, 0.717) is 0 Å². The molecular weight excluding hydrogens is 232 g/mol. The molecule has 91 valence electrons. The Labute approximate surface area is 112 Å². The molecule has 0 N–H and O–H groups in total. The second kappa shape index (κ2) is 5.92. The SMILES string of the molecule is CC(C)=[Si]c1ccc(Cc2ccc(C)cc2)cc1. The van der Waals surface area contributed by atoms with Crippen molar-refractivity contribution in [1.82, 2.24) is 0 Å². The Morgan fingerprint density at radius 3 is 1.83 bits per heavy atom. The average molecular weight is 251 g/mol. The van der Waals surface area contributed by atoms with Crippen LogP contribution in [-0.4, -0.2) is 14.3 Å². The van der Waals surface area contributed by atoms with Crippen LogP contribution in [0.15, 0.2) is 48.5 Å². The first kappa shape index (κ1) is 13.0. The highest BCUT2D eigenvalue weighted by atomic mass is 28.2. The molecule has 18 heavy (non-hydrogen) atoms. The first-order valence-corrected chi connectivity index (χ1v) is 7.35. The summed E-state index contributed by atoms with van der Waals surface area (Å²) in [5, 5.41) is 2.92. The van der Waals surface area contributed by atoms with E-state index < -0.39 is 0 Å². The van der Waals surface area contributed by atoms with Gasteiger partial charge in [0.2, 0.25) is 0 Å². The van der Waals surface area contributed by atoms with Gasteiger partial charge in [0.1, 0.15) is 0 Å². The molecule has 0 nitrogen and oxygen atoms in total. The lowest BCUT2D eigenvalue weighted by Gasteiger charge is -2.03. The van der Waals surface area contributed by atoms with Gasteiger partial charge in [-0.3, -0.25) is 0 Å². The average Bonchev–Trinajstić information content (AvgIpc) is 2.34. The second-order valence-electron chi connectivity index (χ2n) is 4.98. The molecule has 0 aliphatic carbocycles. The Hall–Kier alpha value is -1.47. The van der Waals surface area contributed by atoms with Crippen LogP contribution in [0, 0.1) is 6.92 Å². The minimum atomic E-state index is 0.840. The second-order valence-corrected chi connectivity index (χ2v) is 6.81. The molecule has 0 bridgehead atoms. The van der Waals surface area contributed by atoms with Crippen molar-refractivity contribution in [3.63, 3.8) is 0 Å². The summed E-state index contributed by atoms with van der Waals surface area (Å²) < 4.78 is 0. The molecule has 0 aromatic heterocycles. The van der Waals surface area contributed by atoms with E-state index in [4.69, 9.17) is 0 Å². The predicted octanol–water partition coefficient (Wildman–Crippen LogP) is 3.13. The molecule has 2 aromatic carbocycles. The highest BCUT2D eigenvalue weighted by molar-refractivity contribution is 6.65. The Kier molecular flexibility index (Phi) is 4.27. The van der Waals surface area contributed by atoms with Crippen LogP contribution in [0.4, 0.5) is 0 Å². The molecular formula is C17H19Si. The molecule has 0 aliphatic rings. The van der Waals surface area contributed by atoms with Crippen LogP contribution < -0.4 is 5.19 Å². The third-order valence-electron chi connectivity index (χ3n) is 2.88. The maximum absolute atomic E-state index is 2.26. The Morgan fingerprint density at radius 1 is 0.833 bits per heavy atom. The minimum Gasteiger partial charge on any atom is -0.0906 e. The molecule has 2 rings (SSSR count). The Bertz CT molecular complexity index is 529. The molecule has 0 atom stereocenters. The number of hydrogen-bond donors (Lipinski definition) is 0. The number of hydrogen-bond acceptors (Lipinski definition) is 0. The number of benzene rings is 2. The van der Waals surface area contributed by atoms with Gasteiger partial charge in [0, 0.05) is 0 Å². The van der Waals surface area contributed by atoms with Crippen LogP contribution in [0.25, 0.3) is 0 Å². The molecule has 0 aliphatic heterocycles. The van der Waals surface area contributed by atoms with Gasteiger partial charge in [0.25, 0.3) is 0 Å². The number of rotatable bonds is 3. The summed E-state index contributed by atoms with van der Waals surface area (Å²) in [6.07, 6.45) is 1.03. The van der Waals surface area contributed by atoms with Gasteiger partial charge in [-0.05, 0) is 43.5 Å². The zero-order valence-electron chi connectivity index (χ0n) is 11.3. The van der Waals surface area contributed by atoms with Crippen molar-refractivity contribution in [3.05, 3.63) is 65.2 Å². The van der Waals surface area contributed by atoms with Crippen molar-refractivity contribution in [1.29, 1.82) is 0 Å². The van der Waals surface area contributed by atoms with E-state index in [1.54, 1.807) is 0 Å². The molecule has 2 aromatic rings. The summed E-state index contributed by atoms with van der Waals surface area (Å²) in [5.41, 5.74) is 4.10. The molecule has 0 saturated carbocycles. The zero-order chi connectivity index (χ0) is 13.0. The topological polar surface area (TPSA) is 0 Å². The summed E-state index contributed by atoms with van der Waals surface area (Å²) in [4.78, 5) is 0. The van der Waals surface area contributed by atoms with Gasteiger partial charge in [0.05, 0.1) is 9.13 Å². The van der Waals surface area contributed by atoms with Gasteiger partial charge in [-0.25, -0.2) is 0 Å². The van der Waals surface area contributed by atoms with E-state index in [2.05, 4.69) is 69.3 Å². The van der Waals surface area contributed by atoms with E-state index in [0.717, 1.165) is 15.6 Å². The normalized spacial score (nSPS) is 10.2. The van der Waals surface area contributed by atoms with Gasteiger partial charge in [0.15, 0.2) is 0 Å². The molecule has 1 heteroatoms. The van der Waals surface area contributed by atoms with Crippen LogP contribution in [-0.2, 0) is 6.42 Å². The molecule has 0 unspecified atom stereocenters. The Morgan fingerprint density at radius 2 is 1.33 bits per heavy atom. The van der Waals surface area contributed by atoms with Crippen molar-refractivity contribution in [2.75, 3.05) is 0 Å². The van der Waals surface area contributed by atoms with Gasteiger partial charge >= 0.3 is 0 Å². The van der Waals surface area contributed by atoms with Crippen molar-refractivity contribution >= 4 is 19.5 Å². The van der Waals surface area contributed by atoms with Crippen molar-refractivity contribution < 1.29 is 0 Å². The van der Waals surface area contributed by atoms with E-state index in [1.165, 1.54) is 27.0 Å². The lowest BCUT2D eigenvalue weighted by molar-refractivity contribution is 1.19. The largest absolute Gasteiger partial charge is 0.0906 e. The standard InChI is InChI=1S/C17H19Si/c1-13(2)18-17-10-8-16(9-11-17)12-15-6-4-14(3)5-7-15/h4-11H,12H2,1-3H3. The lowest BCUT2D eigenvalue weighted by atomic mass is 10.0. The number of aryl methyl sites for hydroxylation is 1.